The van der Waals surface area contributed by atoms with Crippen molar-refractivity contribution in [3.8, 4) is 5.75 Å². The number of anilines is 3. The van der Waals surface area contributed by atoms with Crippen molar-refractivity contribution in [1.29, 1.82) is 0 Å². The highest BCUT2D eigenvalue weighted by molar-refractivity contribution is 6.42. The molecule has 1 aromatic heterocycles. The van der Waals surface area contributed by atoms with E-state index in [4.69, 9.17) is 27.9 Å². The van der Waals surface area contributed by atoms with Gasteiger partial charge in [0.05, 0.1) is 17.2 Å². The number of aromatic nitrogens is 2. The molecule has 0 atom stereocenters. The molecule has 1 aromatic carbocycles. The van der Waals surface area contributed by atoms with Crippen LogP contribution in [0.2, 0.25) is 10.0 Å². The van der Waals surface area contributed by atoms with E-state index >= 15 is 0 Å². The van der Waals surface area contributed by atoms with E-state index in [9.17, 15) is 0 Å². The summed E-state index contributed by atoms with van der Waals surface area (Å²) in [5.74, 6) is 1.73. The summed E-state index contributed by atoms with van der Waals surface area (Å²) < 4.78 is 5.35. The summed E-state index contributed by atoms with van der Waals surface area (Å²) in [6.45, 7) is 2.72. The summed E-state index contributed by atoms with van der Waals surface area (Å²) in [4.78, 5) is 8.32. The van der Waals surface area contributed by atoms with E-state index in [0.29, 0.717) is 27.4 Å². The lowest BCUT2D eigenvalue weighted by atomic mass is 10.3. The Labute approximate surface area is 127 Å². The zero-order valence-corrected chi connectivity index (χ0v) is 12.6. The number of hydrogen-bond acceptors (Lipinski definition) is 5. The molecule has 0 aliphatic rings. The Balaban J connectivity index is 2.32. The van der Waals surface area contributed by atoms with Crippen molar-refractivity contribution in [2.45, 2.75) is 6.92 Å². The predicted molar refractivity (Wildman–Crippen MR) is 82.5 cm³/mol. The van der Waals surface area contributed by atoms with Crippen LogP contribution in [-0.2, 0) is 0 Å². The monoisotopic (exact) mass is 312 g/mol. The highest BCUT2D eigenvalue weighted by Crippen LogP contribution is 2.32. The normalized spacial score (nSPS) is 10.2. The maximum atomic E-state index is 5.99. The predicted octanol–water partition coefficient (Wildman–Crippen LogP) is 3.97. The first-order chi connectivity index (χ1) is 9.65. The molecule has 106 valence electrons. The number of halogens is 2. The summed E-state index contributed by atoms with van der Waals surface area (Å²) in [5, 5.41) is 7.21. The highest BCUT2D eigenvalue weighted by atomic mass is 35.5. The molecule has 0 aliphatic heterocycles. The summed E-state index contributed by atoms with van der Waals surface area (Å²) in [5.41, 5.74) is 0.763. The van der Waals surface area contributed by atoms with Gasteiger partial charge in [-0.25, -0.2) is 9.97 Å². The van der Waals surface area contributed by atoms with E-state index in [2.05, 4.69) is 20.6 Å². The van der Waals surface area contributed by atoms with E-state index in [1.807, 2.05) is 13.0 Å². The second-order valence-corrected chi connectivity index (χ2v) is 4.70. The number of ether oxygens (including phenoxy) is 1. The Morgan fingerprint density at radius 2 is 1.90 bits per heavy atom. The van der Waals surface area contributed by atoms with Gasteiger partial charge in [-0.2, -0.15) is 0 Å². The van der Waals surface area contributed by atoms with Gasteiger partial charge < -0.3 is 15.4 Å². The topological polar surface area (TPSA) is 59.1 Å². The minimum Gasteiger partial charge on any atom is -0.490 e. The van der Waals surface area contributed by atoms with Crippen molar-refractivity contribution in [1.82, 2.24) is 9.97 Å². The molecule has 20 heavy (non-hydrogen) atoms. The Kier molecular flexibility index (Phi) is 4.87. The average Bonchev–Trinajstić information content (AvgIpc) is 2.44. The first-order valence-corrected chi connectivity index (χ1v) is 6.76. The van der Waals surface area contributed by atoms with Crippen LogP contribution >= 0.6 is 23.2 Å². The maximum Gasteiger partial charge on any atom is 0.204 e. The standard InChI is InChI=1S/C13H14Cl2N4O/c1-3-16-12-11(20-2)13(18-7-17-12)19-8-4-5-9(14)10(15)6-8/h4-7H,3H2,1-2H3,(H2,16,17,18,19). The zero-order valence-electron chi connectivity index (χ0n) is 11.1. The van der Waals surface area contributed by atoms with Crippen molar-refractivity contribution < 1.29 is 4.74 Å². The van der Waals surface area contributed by atoms with Crippen LogP contribution in [0.3, 0.4) is 0 Å². The fourth-order valence-electron chi connectivity index (χ4n) is 1.66. The molecule has 0 amide bonds. The van der Waals surface area contributed by atoms with Gasteiger partial charge in [-0.15, -0.1) is 0 Å². The summed E-state index contributed by atoms with van der Waals surface area (Å²) >= 11 is 11.9. The SMILES string of the molecule is CCNc1ncnc(Nc2ccc(Cl)c(Cl)c2)c1OC. The van der Waals surface area contributed by atoms with Crippen molar-refractivity contribution in [3.63, 3.8) is 0 Å². The van der Waals surface area contributed by atoms with E-state index in [1.54, 1.807) is 19.2 Å². The third-order valence-corrected chi connectivity index (χ3v) is 3.27. The van der Waals surface area contributed by atoms with Crippen molar-refractivity contribution in [2.24, 2.45) is 0 Å². The third-order valence-electron chi connectivity index (χ3n) is 2.53. The Hall–Kier alpha value is -1.72. The van der Waals surface area contributed by atoms with E-state index < -0.39 is 0 Å². The number of nitrogens with one attached hydrogen (secondary N) is 2. The van der Waals surface area contributed by atoms with Crippen molar-refractivity contribution in [2.75, 3.05) is 24.3 Å². The number of nitrogens with zero attached hydrogens (tertiary/aromatic N) is 2. The van der Waals surface area contributed by atoms with Crippen LogP contribution in [0.15, 0.2) is 24.5 Å². The van der Waals surface area contributed by atoms with Gasteiger partial charge in [0.1, 0.15) is 6.33 Å². The van der Waals surface area contributed by atoms with Crippen LogP contribution in [0.25, 0.3) is 0 Å². The minimum atomic E-state index is 0.469. The molecule has 1 heterocycles. The second-order valence-electron chi connectivity index (χ2n) is 3.89. The van der Waals surface area contributed by atoms with Crippen LogP contribution in [0, 0.1) is 0 Å². The van der Waals surface area contributed by atoms with Gasteiger partial charge in [-0.3, -0.25) is 0 Å². The maximum absolute atomic E-state index is 5.99. The molecule has 0 aliphatic carbocycles. The smallest absolute Gasteiger partial charge is 0.204 e. The molecule has 2 N–H and O–H groups in total. The van der Waals surface area contributed by atoms with E-state index in [-0.39, 0.29) is 0 Å². The molecule has 0 bridgehead atoms. The zero-order chi connectivity index (χ0) is 14.5. The van der Waals surface area contributed by atoms with E-state index in [1.165, 1.54) is 6.33 Å². The number of benzene rings is 1. The lowest BCUT2D eigenvalue weighted by molar-refractivity contribution is 0.415. The van der Waals surface area contributed by atoms with Crippen LogP contribution in [0.5, 0.6) is 5.75 Å². The molecule has 0 unspecified atom stereocenters. The lowest BCUT2D eigenvalue weighted by Gasteiger charge is -2.13. The van der Waals surface area contributed by atoms with Gasteiger partial charge in [-0.1, -0.05) is 23.2 Å². The number of hydrogen-bond donors (Lipinski definition) is 2. The quantitative estimate of drug-likeness (QED) is 0.875. The van der Waals surface area contributed by atoms with Gasteiger partial charge in [-0.05, 0) is 25.1 Å². The van der Waals surface area contributed by atoms with Crippen LogP contribution in [0.4, 0.5) is 17.3 Å². The average molecular weight is 313 g/mol. The van der Waals surface area contributed by atoms with Gasteiger partial charge >= 0.3 is 0 Å². The molecule has 7 heteroatoms. The van der Waals surface area contributed by atoms with Crippen molar-refractivity contribution >= 4 is 40.5 Å². The van der Waals surface area contributed by atoms with Gasteiger partial charge in [0.25, 0.3) is 0 Å². The second kappa shape index (κ2) is 6.63. The number of methoxy groups -OCH3 is 1. The molecule has 5 nitrogen and oxygen atoms in total. The molecule has 0 fully saturated rings. The van der Waals surface area contributed by atoms with Gasteiger partial charge in [0, 0.05) is 12.2 Å². The molecule has 0 spiro atoms. The van der Waals surface area contributed by atoms with Crippen molar-refractivity contribution in [3.05, 3.63) is 34.6 Å². The molecule has 0 saturated carbocycles. The van der Waals surface area contributed by atoms with Crippen LogP contribution in [0.1, 0.15) is 6.92 Å². The summed E-state index contributed by atoms with van der Waals surface area (Å²) in [7, 11) is 1.57. The first kappa shape index (κ1) is 14.7. The molecular formula is C13H14Cl2N4O. The molecule has 0 radical (unpaired) electrons. The Morgan fingerprint density at radius 3 is 2.55 bits per heavy atom. The van der Waals surface area contributed by atoms with E-state index in [0.717, 1.165) is 12.2 Å². The largest absolute Gasteiger partial charge is 0.490 e. The molecule has 2 rings (SSSR count). The molecular weight excluding hydrogens is 299 g/mol. The lowest BCUT2D eigenvalue weighted by Crippen LogP contribution is -2.05. The molecule has 0 saturated heterocycles. The fraction of sp³-hybridized carbons (Fsp3) is 0.231. The summed E-state index contributed by atoms with van der Waals surface area (Å²) in [6, 6.07) is 5.24. The van der Waals surface area contributed by atoms with Crippen LogP contribution < -0.4 is 15.4 Å². The third kappa shape index (κ3) is 3.23. The molecule has 2 aromatic rings. The Bertz CT molecular complexity index is 607. The Morgan fingerprint density at radius 1 is 1.15 bits per heavy atom. The first-order valence-electron chi connectivity index (χ1n) is 6.00. The van der Waals surface area contributed by atoms with Gasteiger partial charge in [0.15, 0.2) is 11.6 Å². The number of rotatable bonds is 5. The summed E-state index contributed by atoms with van der Waals surface area (Å²) in [6.07, 6.45) is 1.46. The van der Waals surface area contributed by atoms with Crippen LogP contribution in [-0.4, -0.2) is 23.6 Å². The minimum absolute atomic E-state index is 0.469. The van der Waals surface area contributed by atoms with Gasteiger partial charge in [0.2, 0.25) is 5.75 Å². The highest BCUT2D eigenvalue weighted by Gasteiger charge is 2.12. The fourth-order valence-corrected chi connectivity index (χ4v) is 1.96.